The molecule has 1 atom stereocenters. The van der Waals surface area contributed by atoms with E-state index in [1.807, 2.05) is 19.1 Å². The van der Waals surface area contributed by atoms with E-state index >= 15 is 0 Å². The predicted molar refractivity (Wildman–Crippen MR) is 91.6 cm³/mol. The van der Waals surface area contributed by atoms with Crippen LogP contribution in [0.25, 0.3) is 10.9 Å². The predicted octanol–water partition coefficient (Wildman–Crippen LogP) is 2.19. The van der Waals surface area contributed by atoms with Crippen LogP contribution in [0.2, 0.25) is 0 Å². The largest absolute Gasteiger partial charge is 0.383 e. The fraction of sp³-hybridized carbons (Fsp3) is 0.444. The standard InChI is InChI=1S/C18H23N3O2/c1-12-8-17(21-7-3-4-14(21)11-23-2)15-6-5-13(10-18(19)22)9-16(15)20-12/h5-6,8-9,14H,3-4,7,10-11H2,1-2H3,(H2,19,22). The van der Waals surface area contributed by atoms with Gasteiger partial charge in [0.25, 0.3) is 0 Å². The molecule has 23 heavy (non-hydrogen) atoms. The first-order valence-corrected chi connectivity index (χ1v) is 8.02. The number of carbonyl (C=O) groups excluding carboxylic acids is 1. The van der Waals surface area contributed by atoms with E-state index in [0.29, 0.717) is 6.04 Å². The van der Waals surface area contributed by atoms with Crippen molar-refractivity contribution in [1.82, 2.24) is 4.98 Å². The lowest BCUT2D eigenvalue weighted by molar-refractivity contribution is -0.117. The molecule has 0 aliphatic carbocycles. The van der Waals surface area contributed by atoms with E-state index in [1.54, 1.807) is 7.11 Å². The summed E-state index contributed by atoms with van der Waals surface area (Å²) in [4.78, 5) is 18.2. The van der Waals surface area contributed by atoms with Crippen molar-refractivity contribution in [2.24, 2.45) is 5.73 Å². The summed E-state index contributed by atoms with van der Waals surface area (Å²) in [5.41, 5.74) is 9.31. The van der Waals surface area contributed by atoms with Crippen LogP contribution in [0.1, 0.15) is 24.1 Å². The summed E-state index contributed by atoms with van der Waals surface area (Å²) in [7, 11) is 1.75. The summed E-state index contributed by atoms with van der Waals surface area (Å²) in [5.74, 6) is -0.322. The maximum Gasteiger partial charge on any atom is 0.221 e. The van der Waals surface area contributed by atoms with E-state index in [1.165, 1.54) is 12.1 Å². The number of aryl methyl sites for hydroxylation is 1. The highest BCUT2D eigenvalue weighted by molar-refractivity contribution is 5.93. The average molecular weight is 313 g/mol. The zero-order valence-electron chi connectivity index (χ0n) is 13.7. The number of amides is 1. The van der Waals surface area contributed by atoms with Gasteiger partial charge in [0.05, 0.1) is 24.6 Å². The van der Waals surface area contributed by atoms with Gasteiger partial charge >= 0.3 is 0 Å². The lowest BCUT2D eigenvalue weighted by atomic mass is 10.1. The van der Waals surface area contributed by atoms with Crippen LogP contribution in [0, 0.1) is 6.92 Å². The van der Waals surface area contributed by atoms with Crippen LogP contribution in [0.5, 0.6) is 0 Å². The molecule has 1 aliphatic heterocycles. The molecule has 1 aliphatic rings. The lowest BCUT2D eigenvalue weighted by Crippen LogP contribution is -2.33. The van der Waals surface area contributed by atoms with E-state index in [4.69, 9.17) is 10.5 Å². The number of primary amides is 1. The molecule has 1 aromatic carbocycles. The number of rotatable bonds is 5. The zero-order chi connectivity index (χ0) is 16.4. The second-order valence-electron chi connectivity index (χ2n) is 6.22. The molecule has 0 bridgehead atoms. The van der Waals surface area contributed by atoms with E-state index in [9.17, 15) is 4.79 Å². The Bertz CT molecular complexity index is 730. The van der Waals surface area contributed by atoms with Gasteiger partial charge in [-0.2, -0.15) is 0 Å². The van der Waals surface area contributed by atoms with Crippen molar-refractivity contribution in [1.29, 1.82) is 0 Å². The average Bonchev–Trinajstić information content (AvgIpc) is 2.94. The van der Waals surface area contributed by atoms with Crippen LogP contribution in [-0.2, 0) is 16.0 Å². The van der Waals surface area contributed by atoms with Gasteiger partial charge in [-0.25, -0.2) is 0 Å². The van der Waals surface area contributed by atoms with Crippen LogP contribution in [-0.4, -0.2) is 37.2 Å². The number of pyridine rings is 1. The number of benzene rings is 1. The number of ether oxygens (including phenoxy) is 1. The molecule has 5 nitrogen and oxygen atoms in total. The van der Waals surface area contributed by atoms with Crippen molar-refractivity contribution in [2.75, 3.05) is 25.2 Å². The summed E-state index contributed by atoms with van der Waals surface area (Å²) in [6.07, 6.45) is 2.57. The summed E-state index contributed by atoms with van der Waals surface area (Å²) in [6.45, 7) is 3.78. The molecule has 2 N–H and O–H groups in total. The number of hydrogen-bond donors (Lipinski definition) is 1. The monoisotopic (exact) mass is 313 g/mol. The maximum atomic E-state index is 11.1. The molecule has 5 heteroatoms. The van der Waals surface area contributed by atoms with Crippen molar-refractivity contribution in [3.63, 3.8) is 0 Å². The maximum absolute atomic E-state index is 11.1. The Morgan fingerprint density at radius 3 is 3.00 bits per heavy atom. The Labute approximate surface area is 136 Å². The molecule has 0 radical (unpaired) electrons. The van der Waals surface area contributed by atoms with Gasteiger partial charge in [0, 0.05) is 30.4 Å². The van der Waals surface area contributed by atoms with Crippen molar-refractivity contribution in [2.45, 2.75) is 32.2 Å². The van der Waals surface area contributed by atoms with Crippen LogP contribution in [0.15, 0.2) is 24.3 Å². The summed E-state index contributed by atoms with van der Waals surface area (Å²) in [6, 6.07) is 8.55. The molecular weight excluding hydrogens is 290 g/mol. The fourth-order valence-corrected chi connectivity index (χ4v) is 3.45. The first-order chi connectivity index (χ1) is 11.1. The van der Waals surface area contributed by atoms with Gasteiger partial charge in [-0.05, 0) is 37.5 Å². The molecule has 0 saturated carbocycles. The number of nitrogens with zero attached hydrogens (tertiary/aromatic N) is 2. The Hall–Kier alpha value is -2.14. The second kappa shape index (κ2) is 6.54. The molecule has 1 unspecified atom stereocenters. The summed E-state index contributed by atoms with van der Waals surface area (Å²) in [5, 5.41) is 1.12. The van der Waals surface area contributed by atoms with E-state index in [-0.39, 0.29) is 12.3 Å². The van der Waals surface area contributed by atoms with Crippen molar-refractivity contribution >= 4 is 22.5 Å². The first-order valence-electron chi connectivity index (χ1n) is 8.02. The van der Waals surface area contributed by atoms with Crippen LogP contribution >= 0.6 is 0 Å². The van der Waals surface area contributed by atoms with Gasteiger partial charge in [-0.3, -0.25) is 9.78 Å². The Balaban J connectivity index is 2.04. The van der Waals surface area contributed by atoms with Crippen LogP contribution < -0.4 is 10.6 Å². The zero-order valence-corrected chi connectivity index (χ0v) is 13.7. The normalized spacial score (nSPS) is 17.8. The highest BCUT2D eigenvalue weighted by atomic mass is 16.5. The topological polar surface area (TPSA) is 68.4 Å². The summed E-state index contributed by atoms with van der Waals surface area (Å²) < 4.78 is 5.37. The van der Waals surface area contributed by atoms with Gasteiger partial charge in [-0.15, -0.1) is 0 Å². The molecule has 122 valence electrons. The van der Waals surface area contributed by atoms with Crippen molar-refractivity contribution < 1.29 is 9.53 Å². The third-order valence-corrected chi connectivity index (χ3v) is 4.40. The third-order valence-electron chi connectivity index (χ3n) is 4.40. The van der Waals surface area contributed by atoms with Gasteiger partial charge in [-0.1, -0.05) is 12.1 Å². The number of carbonyl (C=O) groups is 1. The van der Waals surface area contributed by atoms with E-state index < -0.39 is 0 Å². The number of aromatic nitrogens is 1. The minimum atomic E-state index is -0.322. The number of anilines is 1. The fourth-order valence-electron chi connectivity index (χ4n) is 3.45. The Morgan fingerprint density at radius 1 is 1.43 bits per heavy atom. The molecule has 3 rings (SSSR count). The minimum Gasteiger partial charge on any atom is -0.383 e. The molecule has 2 aromatic rings. The van der Waals surface area contributed by atoms with Gasteiger partial charge < -0.3 is 15.4 Å². The quantitative estimate of drug-likeness (QED) is 0.918. The second-order valence-corrected chi connectivity index (χ2v) is 6.22. The molecule has 1 aromatic heterocycles. The Kier molecular flexibility index (Phi) is 4.48. The molecule has 0 spiro atoms. The molecule has 2 heterocycles. The van der Waals surface area contributed by atoms with E-state index in [0.717, 1.165) is 41.7 Å². The number of fused-ring (bicyclic) bond motifs is 1. The highest BCUT2D eigenvalue weighted by Gasteiger charge is 2.26. The van der Waals surface area contributed by atoms with Crippen LogP contribution in [0.4, 0.5) is 5.69 Å². The highest BCUT2D eigenvalue weighted by Crippen LogP contribution is 2.33. The molecule has 1 saturated heterocycles. The smallest absolute Gasteiger partial charge is 0.221 e. The minimum absolute atomic E-state index is 0.247. The molecular formula is C18H23N3O2. The van der Waals surface area contributed by atoms with Gasteiger partial charge in [0.2, 0.25) is 5.91 Å². The summed E-state index contributed by atoms with van der Waals surface area (Å²) >= 11 is 0. The Morgan fingerprint density at radius 2 is 2.26 bits per heavy atom. The van der Waals surface area contributed by atoms with Crippen molar-refractivity contribution in [3.05, 3.63) is 35.5 Å². The van der Waals surface area contributed by atoms with Crippen LogP contribution in [0.3, 0.4) is 0 Å². The number of hydrogen-bond acceptors (Lipinski definition) is 4. The SMILES string of the molecule is COCC1CCCN1c1cc(C)nc2cc(CC(N)=O)ccc12. The number of nitrogens with two attached hydrogens (primary N) is 1. The van der Waals surface area contributed by atoms with E-state index in [2.05, 4.69) is 22.0 Å². The van der Waals surface area contributed by atoms with Gasteiger partial charge in [0.1, 0.15) is 0 Å². The van der Waals surface area contributed by atoms with Gasteiger partial charge in [0.15, 0.2) is 0 Å². The third kappa shape index (κ3) is 3.29. The molecule has 1 fully saturated rings. The molecule has 1 amide bonds. The first kappa shape index (κ1) is 15.7. The van der Waals surface area contributed by atoms with Crippen molar-refractivity contribution in [3.8, 4) is 0 Å². The number of methoxy groups -OCH3 is 1. The lowest BCUT2D eigenvalue weighted by Gasteiger charge is -2.28.